The number of carbonyl (C=O) groups excluding carboxylic acids is 2. The van der Waals surface area contributed by atoms with Crippen LogP contribution in [0.3, 0.4) is 0 Å². The Balaban J connectivity index is 1.76. The summed E-state index contributed by atoms with van der Waals surface area (Å²) in [6, 6.07) is 12.1. The average Bonchev–Trinajstić information content (AvgIpc) is 3.22. The molecule has 2 atom stereocenters. The fraction of sp³-hybridized carbons (Fsp3) is 0.292. The van der Waals surface area contributed by atoms with Gasteiger partial charge in [-0.15, -0.1) is 0 Å². The molecule has 2 aromatic carbocycles. The summed E-state index contributed by atoms with van der Waals surface area (Å²) in [6.07, 6.45) is 2.71. The zero-order valence-corrected chi connectivity index (χ0v) is 21.0. The quantitative estimate of drug-likeness (QED) is 0.0677. The van der Waals surface area contributed by atoms with Gasteiger partial charge in [0.15, 0.2) is 5.96 Å². The number of hydrogen-bond acceptors (Lipinski definition) is 8. The standard InChI is InChI=1S/C24H29N7O5S/c1-36-23(33)18(8-6-12-28-24(26)27)29-22(32)17(25)13-15-14-30(19-9-3-2-7-16(15)19)37-21-11-5-4-10-20(21)31(34)35/h2-5,7,9-11,14,17-18H,6,8,12-13,25H2,1H3,(H,29,32)(H4,26,27,28)/t17-,18+/m0/s1. The lowest BCUT2D eigenvalue weighted by Gasteiger charge is -2.19. The molecule has 12 nitrogen and oxygen atoms in total. The number of ether oxygens (including phenoxy) is 1. The van der Waals surface area contributed by atoms with Gasteiger partial charge in [0.05, 0.1) is 23.6 Å². The number of nitrogens with zero attached hydrogens (tertiary/aromatic N) is 3. The number of hydrogen-bond donors (Lipinski definition) is 4. The van der Waals surface area contributed by atoms with Gasteiger partial charge in [-0.1, -0.05) is 30.3 Å². The summed E-state index contributed by atoms with van der Waals surface area (Å²) in [5.74, 6) is -1.16. The molecule has 0 aliphatic rings. The Labute approximate surface area is 217 Å². The number of nitro groups is 1. The normalized spacial score (nSPS) is 12.5. The topological polar surface area (TPSA) is 194 Å². The molecule has 1 heterocycles. The number of methoxy groups -OCH3 is 1. The fourth-order valence-corrected chi connectivity index (χ4v) is 4.78. The molecule has 3 rings (SSSR count). The molecule has 37 heavy (non-hydrogen) atoms. The van der Waals surface area contributed by atoms with Crippen LogP contribution in [0.15, 0.2) is 64.6 Å². The zero-order valence-electron chi connectivity index (χ0n) is 20.2. The van der Waals surface area contributed by atoms with Crippen molar-refractivity contribution < 1.29 is 19.2 Å². The van der Waals surface area contributed by atoms with Gasteiger partial charge < -0.3 is 27.3 Å². The number of nitro benzene ring substituents is 1. The van der Waals surface area contributed by atoms with Crippen LogP contribution in [0.2, 0.25) is 0 Å². The van der Waals surface area contributed by atoms with E-state index in [9.17, 15) is 19.7 Å². The number of carbonyl (C=O) groups is 2. The molecule has 0 saturated heterocycles. The first-order valence-electron chi connectivity index (χ1n) is 11.4. The van der Waals surface area contributed by atoms with E-state index in [4.69, 9.17) is 21.9 Å². The van der Waals surface area contributed by atoms with E-state index in [-0.39, 0.29) is 24.5 Å². The van der Waals surface area contributed by atoms with Crippen LogP contribution in [-0.2, 0) is 20.7 Å². The third kappa shape index (κ3) is 7.21. The second-order valence-electron chi connectivity index (χ2n) is 8.16. The maximum absolute atomic E-state index is 12.9. The number of esters is 1. The highest BCUT2D eigenvalue weighted by Crippen LogP contribution is 2.34. The van der Waals surface area contributed by atoms with Crippen LogP contribution in [0.1, 0.15) is 18.4 Å². The second-order valence-corrected chi connectivity index (χ2v) is 9.17. The van der Waals surface area contributed by atoms with Crippen molar-refractivity contribution in [2.75, 3.05) is 13.7 Å². The highest BCUT2D eigenvalue weighted by atomic mass is 32.2. The number of nitrogens with two attached hydrogens (primary N) is 3. The van der Waals surface area contributed by atoms with Gasteiger partial charge in [0, 0.05) is 24.2 Å². The Kier molecular flexibility index (Phi) is 9.46. The molecule has 0 unspecified atom stereocenters. The summed E-state index contributed by atoms with van der Waals surface area (Å²) >= 11 is 1.20. The van der Waals surface area contributed by atoms with Gasteiger partial charge >= 0.3 is 5.97 Å². The maximum atomic E-state index is 12.9. The molecule has 7 N–H and O–H groups in total. The first-order valence-corrected chi connectivity index (χ1v) is 12.2. The summed E-state index contributed by atoms with van der Waals surface area (Å²) in [7, 11) is 1.24. The lowest BCUT2D eigenvalue weighted by atomic mass is 10.0. The van der Waals surface area contributed by atoms with Crippen molar-refractivity contribution in [2.45, 2.75) is 36.2 Å². The van der Waals surface area contributed by atoms with Crippen LogP contribution in [-0.4, -0.2) is 52.5 Å². The summed E-state index contributed by atoms with van der Waals surface area (Å²) in [5.41, 5.74) is 18.4. The van der Waals surface area contributed by atoms with Gasteiger partial charge in [0.25, 0.3) is 5.69 Å². The molecule has 1 aromatic heterocycles. The third-order valence-electron chi connectivity index (χ3n) is 5.54. The number of amides is 1. The summed E-state index contributed by atoms with van der Waals surface area (Å²) in [5, 5.41) is 15.0. The van der Waals surface area contributed by atoms with Crippen molar-refractivity contribution in [1.82, 2.24) is 9.29 Å². The second kappa shape index (κ2) is 12.7. The Morgan fingerprint density at radius 2 is 1.89 bits per heavy atom. The van der Waals surface area contributed by atoms with Crippen LogP contribution in [0, 0.1) is 10.1 Å². The molecule has 1 amide bonds. The number of guanidine groups is 1. The minimum absolute atomic E-state index is 0.00315. The SMILES string of the molecule is COC(=O)[C@@H](CCCN=C(N)N)NC(=O)[C@@H](N)Cc1cn(Sc2ccccc2[N+](=O)[O-])c2ccccc12. The molecule has 0 fully saturated rings. The third-order valence-corrected chi connectivity index (χ3v) is 6.58. The Morgan fingerprint density at radius 1 is 1.19 bits per heavy atom. The average molecular weight is 528 g/mol. The first-order chi connectivity index (χ1) is 17.7. The molecule has 0 aliphatic carbocycles. The smallest absolute Gasteiger partial charge is 0.328 e. The molecule has 3 aromatic rings. The van der Waals surface area contributed by atoms with E-state index in [1.165, 1.54) is 25.1 Å². The van der Waals surface area contributed by atoms with Crippen LogP contribution in [0.4, 0.5) is 5.69 Å². The van der Waals surface area contributed by atoms with E-state index in [1.807, 2.05) is 34.4 Å². The van der Waals surface area contributed by atoms with Crippen molar-refractivity contribution >= 4 is 46.4 Å². The van der Waals surface area contributed by atoms with Crippen molar-refractivity contribution in [2.24, 2.45) is 22.2 Å². The number of nitrogens with one attached hydrogen (secondary N) is 1. The van der Waals surface area contributed by atoms with Gasteiger partial charge in [0.1, 0.15) is 10.9 Å². The molecule has 13 heteroatoms. The Morgan fingerprint density at radius 3 is 2.59 bits per heavy atom. The van der Waals surface area contributed by atoms with E-state index in [0.717, 1.165) is 16.5 Å². The first kappa shape index (κ1) is 27.5. The molecular weight excluding hydrogens is 498 g/mol. The molecule has 0 saturated carbocycles. The van der Waals surface area contributed by atoms with Gasteiger partial charge in [0.2, 0.25) is 5.91 Å². The van der Waals surface area contributed by atoms with Crippen molar-refractivity contribution in [1.29, 1.82) is 0 Å². The van der Waals surface area contributed by atoms with E-state index in [0.29, 0.717) is 17.9 Å². The highest BCUT2D eigenvalue weighted by Gasteiger charge is 2.25. The number of para-hydroxylation sites is 2. The minimum atomic E-state index is -0.958. The summed E-state index contributed by atoms with van der Waals surface area (Å²) in [6.45, 7) is 0.300. The van der Waals surface area contributed by atoms with Crippen molar-refractivity contribution in [3.63, 3.8) is 0 Å². The van der Waals surface area contributed by atoms with E-state index < -0.39 is 28.9 Å². The predicted molar refractivity (Wildman–Crippen MR) is 142 cm³/mol. The van der Waals surface area contributed by atoms with Crippen molar-refractivity contribution in [3.8, 4) is 0 Å². The number of fused-ring (bicyclic) bond motifs is 1. The molecule has 0 spiro atoms. The number of benzene rings is 2. The summed E-state index contributed by atoms with van der Waals surface area (Å²) in [4.78, 5) is 40.4. The van der Waals surface area contributed by atoms with Gasteiger partial charge in [-0.2, -0.15) is 0 Å². The highest BCUT2D eigenvalue weighted by molar-refractivity contribution is 7.98. The number of rotatable bonds is 12. The monoisotopic (exact) mass is 527 g/mol. The fourth-order valence-electron chi connectivity index (χ4n) is 3.75. The molecule has 0 radical (unpaired) electrons. The lowest BCUT2D eigenvalue weighted by molar-refractivity contribution is -0.387. The van der Waals surface area contributed by atoms with E-state index >= 15 is 0 Å². The predicted octanol–water partition coefficient (Wildman–Crippen LogP) is 1.69. The van der Waals surface area contributed by atoms with Gasteiger partial charge in [-0.05, 0) is 48.9 Å². The van der Waals surface area contributed by atoms with Gasteiger partial charge in [-0.3, -0.25) is 23.9 Å². The Hall–Kier alpha value is -4.10. The van der Waals surface area contributed by atoms with Crippen molar-refractivity contribution in [3.05, 3.63) is 70.4 Å². The van der Waals surface area contributed by atoms with E-state index in [2.05, 4.69) is 10.3 Å². The van der Waals surface area contributed by atoms with Crippen LogP contribution in [0.5, 0.6) is 0 Å². The Bertz CT molecular complexity index is 1310. The van der Waals surface area contributed by atoms with Crippen LogP contribution < -0.4 is 22.5 Å². The van der Waals surface area contributed by atoms with E-state index in [1.54, 1.807) is 18.2 Å². The molecule has 196 valence electrons. The maximum Gasteiger partial charge on any atom is 0.328 e. The molecule has 0 bridgehead atoms. The summed E-state index contributed by atoms with van der Waals surface area (Å²) < 4.78 is 6.62. The zero-order chi connectivity index (χ0) is 26.9. The van der Waals surface area contributed by atoms with Crippen LogP contribution in [0.25, 0.3) is 10.9 Å². The largest absolute Gasteiger partial charge is 0.467 e. The molecule has 0 aliphatic heterocycles. The number of aliphatic imine (C=N–C) groups is 1. The minimum Gasteiger partial charge on any atom is -0.467 e. The molecular formula is C24H29N7O5S. The van der Waals surface area contributed by atoms with Crippen LogP contribution >= 0.6 is 11.9 Å². The number of aromatic nitrogens is 1. The van der Waals surface area contributed by atoms with Gasteiger partial charge in [-0.25, -0.2) is 4.79 Å². The lowest BCUT2D eigenvalue weighted by Crippen LogP contribution is -2.49.